The molecule has 0 aliphatic carbocycles. The topological polar surface area (TPSA) is 186 Å². The number of ether oxygens (including phenoxy) is 2. The summed E-state index contributed by atoms with van der Waals surface area (Å²) in [6, 6.07) is 6.94. The number of carbonyl (C=O) groups is 2. The van der Waals surface area contributed by atoms with Crippen molar-refractivity contribution in [2.45, 2.75) is 116 Å². The minimum atomic E-state index is -0.535. The summed E-state index contributed by atoms with van der Waals surface area (Å²) in [5, 5.41) is 24.1. The third-order valence-electron chi connectivity index (χ3n) is 8.25. The molecule has 1 N–H and O–H groups in total. The molecule has 4 aliphatic heterocycles. The van der Waals surface area contributed by atoms with Crippen molar-refractivity contribution in [3.63, 3.8) is 0 Å². The number of aromatic nitrogens is 2. The highest BCUT2D eigenvalue weighted by molar-refractivity contribution is 9.10. The summed E-state index contributed by atoms with van der Waals surface area (Å²) in [5.41, 5.74) is -0.0431. The Morgan fingerprint density at radius 2 is 1.16 bits per heavy atom. The summed E-state index contributed by atoms with van der Waals surface area (Å²) in [6.45, 7) is 18.5. The molecule has 0 aromatic carbocycles. The molecule has 16 nitrogen and oxygen atoms in total. The molecule has 4 bridgehead atoms. The standard InChI is InChI=1S/C16H22N4O4.C11H20N2O2.C5H3BrN2O2.C2H6/c1-16(2,3)24-15(21)19-12-4-5-13(19)10-18(9-12)11-6-7-14(17-8-11)20(22)23;1-11(2,3)15-10(14)13-8-4-5-9(13)7-12-6-8;6-4-1-2-5(7-3-4)8(9)10;1-2/h6-8,12-13H,4-5,9-10H2,1-3H3;8-9,12H,4-7H2,1-3H3;1-3H;1-2H3. The van der Waals surface area contributed by atoms with E-state index < -0.39 is 15.4 Å². The van der Waals surface area contributed by atoms with Crippen LogP contribution in [-0.4, -0.2) is 103 Å². The molecule has 6 rings (SSSR count). The number of carbonyl (C=O) groups excluding carboxylic acids is 2. The number of nitro groups is 2. The molecular weight excluding hydrogens is 728 g/mol. The Morgan fingerprint density at radius 3 is 1.53 bits per heavy atom. The number of anilines is 1. The second kappa shape index (κ2) is 17.9. The van der Waals surface area contributed by atoms with Gasteiger partial charge in [-0.15, -0.1) is 0 Å². The van der Waals surface area contributed by atoms with Crippen molar-refractivity contribution < 1.29 is 28.9 Å². The monoisotopic (exact) mass is 778 g/mol. The summed E-state index contributed by atoms with van der Waals surface area (Å²) >= 11 is 3.11. The van der Waals surface area contributed by atoms with Crippen LogP contribution in [-0.2, 0) is 9.47 Å². The Hall–Kier alpha value is -4.12. The van der Waals surface area contributed by atoms with Crippen molar-refractivity contribution in [3.8, 4) is 0 Å². The fourth-order valence-electron chi connectivity index (χ4n) is 6.27. The molecule has 17 heteroatoms. The highest BCUT2D eigenvalue weighted by Gasteiger charge is 2.45. The Balaban J connectivity index is 0.000000222. The van der Waals surface area contributed by atoms with Gasteiger partial charge in [0.25, 0.3) is 0 Å². The minimum Gasteiger partial charge on any atom is -0.444 e. The molecule has 2 aromatic rings. The van der Waals surface area contributed by atoms with Gasteiger partial charge in [-0.05, 0) is 115 Å². The zero-order valence-electron chi connectivity index (χ0n) is 30.7. The number of hydrogen-bond acceptors (Lipinski definition) is 12. The second-order valence-corrected chi connectivity index (χ2v) is 15.2. The lowest BCUT2D eigenvalue weighted by Crippen LogP contribution is -2.56. The normalized spacial score (nSPS) is 21.9. The van der Waals surface area contributed by atoms with Gasteiger partial charge in [-0.1, -0.05) is 13.8 Å². The first-order valence-corrected chi connectivity index (χ1v) is 18.1. The molecule has 6 heterocycles. The first kappa shape index (κ1) is 41.3. The third kappa shape index (κ3) is 12.0. The van der Waals surface area contributed by atoms with E-state index in [-0.39, 0.29) is 41.5 Å². The maximum atomic E-state index is 12.4. The van der Waals surface area contributed by atoms with Crippen molar-refractivity contribution in [2.75, 3.05) is 31.1 Å². The highest BCUT2D eigenvalue weighted by atomic mass is 79.9. The first-order valence-electron chi connectivity index (χ1n) is 17.3. The van der Waals surface area contributed by atoms with Gasteiger partial charge in [-0.25, -0.2) is 9.59 Å². The molecule has 4 fully saturated rings. The van der Waals surface area contributed by atoms with Crippen molar-refractivity contribution in [2.24, 2.45) is 0 Å². The second-order valence-electron chi connectivity index (χ2n) is 14.3. The van der Waals surface area contributed by atoms with E-state index in [0.29, 0.717) is 25.2 Å². The molecule has 0 saturated carbocycles. The average molecular weight is 780 g/mol. The number of amides is 2. The van der Waals surface area contributed by atoms with Crippen molar-refractivity contribution >= 4 is 45.4 Å². The van der Waals surface area contributed by atoms with Crippen molar-refractivity contribution in [1.82, 2.24) is 25.1 Å². The third-order valence-corrected chi connectivity index (χ3v) is 8.72. The van der Waals surface area contributed by atoms with Crippen LogP contribution in [0.15, 0.2) is 41.1 Å². The first-order chi connectivity index (χ1) is 23.9. The van der Waals surface area contributed by atoms with Crippen LogP contribution in [0, 0.1) is 20.2 Å². The molecular formula is C34H51BrN8O8. The van der Waals surface area contributed by atoms with Gasteiger partial charge in [0.15, 0.2) is 12.4 Å². The fourth-order valence-corrected chi connectivity index (χ4v) is 6.50. The van der Waals surface area contributed by atoms with Crippen LogP contribution < -0.4 is 10.2 Å². The lowest BCUT2D eigenvalue weighted by atomic mass is 10.1. The van der Waals surface area contributed by atoms with E-state index in [1.54, 1.807) is 12.1 Å². The largest absolute Gasteiger partial charge is 0.444 e. The zero-order chi connectivity index (χ0) is 38.1. The Kier molecular flexibility index (Phi) is 14.5. The van der Waals surface area contributed by atoms with E-state index in [0.717, 1.165) is 48.9 Å². The Bertz CT molecular complexity index is 1450. The predicted molar refractivity (Wildman–Crippen MR) is 196 cm³/mol. The Labute approximate surface area is 307 Å². The van der Waals surface area contributed by atoms with Crippen LogP contribution in [0.3, 0.4) is 0 Å². The number of nitrogens with zero attached hydrogens (tertiary/aromatic N) is 7. The lowest BCUT2D eigenvalue weighted by molar-refractivity contribution is -0.389. The van der Waals surface area contributed by atoms with Gasteiger partial charge >= 0.3 is 23.8 Å². The van der Waals surface area contributed by atoms with Crippen molar-refractivity contribution in [3.05, 3.63) is 61.4 Å². The quantitative estimate of drug-likeness (QED) is 0.257. The highest BCUT2D eigenvalue weighted by Crippen LogP contribution is 2.34. The van der Waals surface area contributed by atoms with E-state index >= 15 is 0 Å². The van der Waals surface area contributed by atoms with Gasteiger partial charge in [0, 0.05) is 50.4 Å². The van der Waals surface area contributed by atoms with Gasteiger partial charge in [0.05, 0.1) is 22.2 Å². The van der Waals surface area contributed by atoms with Crippen LogP contribution >= 0.6 is 15.9 Å². The smallest absolute Gasteiger partial charge is 0.410 e. The molecule has 4 atom stereocenters. The van der Waals surface area contributed by atoms with Gasteiger partial charge < -0.3 is 39.9 Å². The summed E-state index contributed by atoms with van der Waals surface area (Å²) in [6.07, 6.45) is 6.63. The Morgan fingerprint density at radius 1 is 0.745 bits per heavy atom. The molecule has 282 valence electrons. The van der Waals surface area contributed by atoms with Crippen LogP contribution in [0.2, 0.25) is 0 Å². The van der Waals surface area contributed by atoms with E-state index in [1.807, 2.05) is 65.2 Å². The maximum Gasteiger partial charge on any atom is 0.410 e. The number of fused-ring (bicyclic) bond motifs is 4. The van der Waals surface area contributed by atoms with Crippen LogP contribution in [0.5, 0.6) is 0 Å². The van der Waals surface area contributed by atoms with Crippen LogP contribution in [0.4, 0.5) is 26.9 Å². The summed E-state index contributed by atoms with van der Waals surface area (Å²) in [7, 11) is 0. The summed E-state index contributed by atoms with van der Waals surface area (Å²) < 4.78 is 11.7. The molecule has 2 amide bonds. The summed E-state index contributed by atoms with van der Waals surface area (Å²) in [4.78, 5) is 57.4. The van der Waals surface area contributed by atoms with E-state index in [4.69, 9.17) is 9.47 Å². The van der Waals surface area contributed by atoms with E-state index in [1.165, 1.54) is 24.5 Å². The molecule has 51 heavy (non-hydrogen) atoms. The van der Waals surface area contributed by atoms with E-state index in [2.05, 4.69) is 36.1 Å². The molecule has 4 saturated heterocycles. The van der Waals surface area contributed by atoms with Gasteiger partial charge in [-0.3, -0.25) is 9.80 Å². The van der Waals surface area contributed by atoms with Crippen molar-refractivity contribution in [1.29, 1.82) is 0 Å². The molecule has 2 aromatic heterocycles. The number of rotatable bonds is 3. The average Bonchev–Trinajstić information content (AvgIpc) is 3.48. The minimum absolute atomic E-state index is 0.105. The summed E-state index contributed by atoms with van der Waals surface area (Å²) in [5.74, 6) is -0.294. The lowest BCUT2D eigenvalue weighted by Gasteiger charge is -2.41. The number of hydrogen-bond donors (Lipinski definition) is 1. The number of pyridine rings is 2. The number of nitrogens with one attached hydrogen (secondary N) is 1. The molecule has 4 aliphatic rings. The maximum absolute atomic E-state index is 12.4. The molecule has 4 unspecified atom stereocenters. The zero-order valence-corrected chi connectivity index (χ0v) is 32.3. The fraction of sp³-hybridized carbons (Fsp3) is 0.647. The van der Waals surface area contributed by atoms with Gasteiger partial charge in [-0.2, -0.15) is 0 Å². The number of halogens is 1. The van der Waals surface area contributed by atoms with E-state index in [9.17, 15) is 29.8 Å². The SMILES string of the molecule is CC.CC(C)(C)OC(=O)N1C2CCC1CN(c1ccc([N+](=O)[O-])nc1)C2.CC(C)(C)OC(=O)N1C2CCC1CNC2.O=[N+]([O-])c1ccc(Br)cn1. The molecule has 0 spiro atoms. The van der Waals surface area contributed by atoms with Gasteiger partial charge in [0.2, 0.25) is 0 Å². The van der Waals surface area contributed by atoms with Gasteiger partial charge in [0.1, 0.15) is 11.2 Å². The molecule has 0 radical (unpaired) electrons. The van der Waals surface area contributed by atoms with Crippen LogP contribution in [0.1, 0.15) is 81.1 Å². The predicted octanol–water partition coefficient (Wildman–Crippen LogP) is 6.71. The van der Waals surface area contributed by atoms with Crippen LogP contribution in [0.25, 0.3) is 0 Å². The number of piperazine rings is 2.